The van der Waals surface area contributed by atoms with Crippen LogP contribution in [0.5, 0.6) is 0 Å². The maximum Gasteiger partial charge on any atom is 0.255 e. The molecule has 3 N–H and O–H groups in total. The van der Waals surface area contributed by atoms with Gasteiger partial charge in [0.1, 0.15) is 0 Å². The minimum atomic E-state index is -1.39. The molecule has 0 fully saturated rings. The molecule has 0 aromatic heterocycles. The topological polar surface area (TPSA) is 69.6 Å². The molecular weight excluding hydrogens is 194 g/mol. The molecule has 0 aliphatic rings. The van der Waals surface area contributed by atoms with Crippen molar-refractivity contribution in [3.05, 3.63) is 36.4 Å². The molecule has 0 aliphatic carbocycles. The normalized spacial score (nSPS) is 11.9. The average Bonchev–Trinajstić information content (AvgIpc) is 2.29. The summed E-state index contributed by atoms with van der Waals surface area (Å²) in [6.07, 6.45) is 0.304. The predicted molar refractivity (Wildman–Crippen MR) is 58.3 cm³/mol. The first-order chi connectivity index (χ1) is 7.17. The molecule has 80 valence electrons. The van der Waals surface area contributed by atoms with E-state index in [-0.39, 0.29) is 0 Å². The van der Waals surface area contributed by atoms with Crippen molar-refractivity contribution in [3.8, 4) is 0 Å². The predicted octanol–water partition coefficient (Wildman–Crippen LogP) is 0.621. The molecule has 1 aromatic carbocycles. The zero-order valence-corrected chi connectivity index (χ0v) is 8.18. The number of nitrogens with one attached hydrogen (secondary N) is 1. The number of hydrogen-bond acceptors (Lipinski definition) is 3. The van der Waals surface area contributed by atoms with Crippen molar-refractivity contribution in [2.45, 2.75) is 6.10 Å². The summed E-state index contributed by atoms with van der Waals surface area (Å²) in [6.45, 7) is 3.02. The van der Waals surface area contributed by atoms with Gasteiger partial charge in [-0.3, -0.25) is 4.79 Å². The molecule has 1 atom stereocenters. The summed E-state index contributed by atoms with van der Waals surface area (Å²) < 4.78 is 0. The van der Waals surface area contributed by atoms with Crippen LogP contribution >= 0.6 is 0 Å². The quantitative estimate of drug-likeness (QED) is 0.678. The van der Waals surface area contributed by atoms with Gasteiger partial charge in [0, 0.05) is 5.69 Å². The number of anilines is 1. The maximum absolute atomic E-state index is 11.2. The molecule has 1 rings (SSSR count). The molecule has 0 saturated heterocycles. The Kier molecular flexibility index (Phi) is 4.03. The fourth-order valence-corrected chi connectivity index (χ4v) is 1.01. The highest BCUT2D eigenvalue weighted by Gasteiger charge is 2.12. The van der Waals surface area contributed by atoms with E-state index >= 15 is 0 Å². The number of hydrogen-bond donors (Lipinski definition) is 3. The lowest BCUT2D eigenvalue weighted by atomic mass is 10.2. The molecular formula is C11H13NO3. The van der Waals surface area contributed by atoms with Crippen LogP contribution in [0.25, 0.3) is 6.08 Å². The summed E-state index contributed by atoms with van der Waals surface area (Å²) in [5, 5.41) is 20.0. The van der Waals surface area contributed by atoms with E-state index in [4.69, 9.17) is 10.2 Å². The van der Waals surface area contributed by atoms with Crippen LogP contribution in [0.2, 0.25) is 0 Å². The van der Waals surface area contributed by atoms with Crippen molar-refractivity contribution in [1.29, 1.82) is 0 Å². The number of carbonyl (C=O) groups is 1. The second-order valence-corrected chi connectivity index (χ2v) is 3.01. The van der Waals surface area contributed by atoms with Crippen molar-refractivity contribution in [1.82, 2.24) is 0 Å². The molecule has 15 heavy (non-hydrogen) atoms. The lowest BCUT2D eigenvalue weighted by Gasteiger charge is -2.08. The first kappa shape index (κ1) is 11.4. The summed E-state index contributed by atoms with van der Waals surface area (Å²) >= 11 is 0. The summed E-state index contributed by atoms with van der Waals surface area (Å²) in [5.74, 6) is -0.621. The molecule has 0 spiro atoms. The van der Waals surface area contributed by atoms with E-state index in [0.717, 1.165) is 5.56 Å². The third kappa shape index (κ3) is 3.19. The van der Waals surface area contributed by atoms with Crippen molar-refractivity contribution in [3.63, 3.8) is 0 Å². The van der Waals surface area contributed by atoms with Crippen molar-refractivity contribution >= 4 is 17.7 Å². The molecule has 0 bridgehead atoms. The second-order valence-electron chi connectivity index (χ2n) is 3.01. The average molecular weight is 207 g/mol. The third-order valence-electron chi connectivity index (χ3n) is 1.89. The monoisotopic (exact) mass is 207 g/mol. The minimum absolute atomic E-state index is 0.568. The molecule has 1 aromatic rings. The Morgan fingerprint density at radius 1 is 1.47 bits per heavy atom. The molecule has 0 radical (unpaired) electrons. The van der Waals surface area contributed by atoms with Crippen molar-refractivity contribution in [2.24, 2.45) is 0 Å². The molecule has 0 saturated carbocycles. The number of carbonyl (C=O) groups excluding carboxylic acids is 1. The maximum atomic E-state index is 11.2. The number of rotatable bonds is 4. The Morgan fingerprint density at radius 3 is 2.53 bits per heavy atom. The SMILES string of the molecule is C=Cc1ccc(NC(=O)C(O)CO)cc1. The smallest absolute Gasteiger partial charge is 0.255 e. The Hall–Kier alpha value is -1.65. The first-order valence-electron chi connectivity index (χ1n) is 4.49. The van der Waals surface area contributed by atoms with E-state index in [1.54, 1.807) is 30.3 Å². The van der Waals surface area contributed by atoms with E-state index in [2.05, 4.69) is 11.9 Å². The minimum Gasteiger partial charge on any atom is -0.393 e. The van der Waals surface area contributed by atoms with E-state index in [1.165, 1.54) is 0 Å². The van der Waals surface area contributed by atoms with Crippen molar-refractivity contribution < 1.29 is 15.0 Å². The van der Waals surface area contributed by atoms with Gasteiger partial charge in [0.05, 0.1) is 6.61 Å². The fourth-order valence-electron chi connectivity index (χ4n) is 1.01. The van der Waals surface area contributed by atoms with E-state index < -0.39 is 18.6 Å². The second kappa shape index (κ2) is 5.29. The first-order valence-corrected chi connectivity index (χ1v) is 4.49. The van der Waals surface area contributed by atoms with Crippen LogP contribution in [0.15, 0.2) is 30.8 Å². The van der Waals surface area contributed by atoms with Gasteiger partial charge in [0.15, 0.2) is 6.10 Å². The van der Waals surface area contributed by atoms with Gasteiger partial charge in [0.25, 0.3) is 5.91 Å². The molecule has 4 nitrogen and oxygen atoms in total. The van der Waals surface area contributed by atoms with Gasteiger partial charge < -0.3 is 15.5 Å². The standard InChI is InChI=1S/C11H13NO3/c1-2-8-3-5-9(6-4-8)12-11(15)10(14)7-13/h2-6,10,13-14H,1,7H2,(H,12,15). The van der Waals surface area contributed by atoms with Crippen LogP contribution < -0.4 is 5.32 Å². The van der Waals surface area contributed by atoms with Crippen LogP contribution in [0, 0.1) is 0 Å². The highest BCUT2D eigenvalue weighted by atomic mass is 16.3. The number of benzene rings is 1. The van der Waals surface area contributed by atoms with Gasteiger partial charge in [-0.2, -0.15) is 0 Å². The lowest BCUT2D eigenvalue weighted by Crippen LogP contribution is -2.30. The Balaban J connectivity index is 2.65. The summed E-state index contributed by atoms with van der Waals surface area (Å²) in [6, 6.07) is 6.96. The molecule has 0 heterocycles. The van der Waals surface area contributed by atoms with Gasteiger partial charge in [-0.25, -0.2) is 0 Å². The molecule has 1 amide bonds. The van der Waals surface area contributed by atoms with Gasteiger partial charge >= 0.3 is 0 Å². The Morgan fingerprint density at radius 2 is 2.07 bits per heavy atom. The zero-order chi connectivity index (χ0) is 11.3. The van der Waals surface area contributed by atoms with E-state index in [9.17, 15) is 4.79 Å². The summed E-state index contributed by atoms with van der Waals surface area (Å²) in [4.78, 5) is 11.2. The number of amides is 1. The van der Waals surface area contributed by atoms with Crippen LogP contribution in [0.4, 0.5) is 5.69 Å². The molecule has 4 heteroatoms. The van der Waals surface area contributed by atoms with Gasteiger partial charge in [-0.05, 0) is 17.7 Å². The lowest BCUT2D eigenvalue weighted by molar-refractivity contribution is -0.125. The fraction of sp³-hybridized carbons (Fsp3) is 0.182. The number of aliphatic hydroxyl groups excluding tert-OH is 2. The van der Waals surface area contributed by atoms with E-state index in [1.807, 2.05) is 0 Å². The van der Waals surface area contributed by atoms with Crippen LogP contribution in [-0.2, 0) is 4.79 Å². The zero-order valence-electron chi connectivity index (χ0n) is 8.18. The Bertz CT molecular complexity index is 345. The van der Waals surface area contributed by atoms with E-state index in [0.29, 0.717) is 5.69 Å². The largest absolute Gasteiger partial charge is 0.393 e. The van der Waals surface area contributed by atoms with Gasteiger partial charge in [0.2, 0.25) is 0 Å². The van der Waals surface area contributed by atoms with Crippen LogP contribution in [-0.4, -0.2) is 28.8 Å². The van der Waals surface area contributed by atoms with Gasteiger partial charge in [-0.15, -0.1) is 0 Å². The van der Waals surface area contributed by atoms with Crippen LogP contribution in [0.3, 0.4) is 0 Å². The van der Waals surface area contributed by atoms with Gasteiger partial charge in [-0.1, -0.05) is 24.8 Å². The van der Waals surface area contributed by atoms with Crippen molar-refractivity contribution in [2.75, 3.05) is 11.9 Å². The Labute approximate surface area is 87.9 Å². The molecule has 1 unspecified atom stereocenters. The highest BCUT2D eigenvalue weighted by Crippen LogP contribution is 2.10. The summed E-state index contributed by atoms with van der Waals surface area (Å²) in [5.41, 5.74) is 1.51. The highest BCUT2D eigenvalue weighted by molar-refractivity contribution is 5.94. The number of aliphatic hydroxyl groups is 2. The van der Waals surface area contributed by atoms with Crippen LogP contribution in [0.1, 0.15) is 5.56 Å². The molecule has 0 aliphatic heterocycles. The summed E-state index contributed by atoms with van der Waals surface area (Å²) in [7, 11) is 0. The third-order valence-corrected chi connectivity index (χ3v) is 1.89.